The lowest BCUT2D eigenvalue weighted by Gasteiger charge is -2.28. The Morgan fingerprint density at radius 1 is 1.56 bits per heavy atom. The number of hydrogen-bond donors (Lipinski definition) is 1. The third-order valence-corrected chi connectivity index (χ3v) is 2.68. The van der Waals surface area contributed by atoms with Crippen molar-refractivity contribution in [2.75, 3.05) is 27.3 Å². The Hall–Kier alpha value is -1.12. The molecule has 0 aromatic heterocycles. The van der Waals surface area contributed by atoms with Gasteiger partial charge in [-0.05, 0) is 20.9 Å². The number of ether oxygens (including phenoxy) is 1. The second kappa shape index (κ2) is 8.08. The molecule has 0 aromatic carbocycles. The van der Waals surface area contributed by atoms with E-state index in [0.717, 1.165) is 0 Å². The van der Waals surface area contributed by atoms with E-state index >= 15 is 0 Å². The van der Waals surface area contributed by atoms with Gasteiger partial charge < -0.3 is 10.1 Å². The molecule has 0 aromatic rings. The molecule has 0 radical (unpaired) electrons. The van der Waals surface area contributed by atoms with Crippen molar-refractivity contribution in [2.24, 2.45) is 0 Å². The van der Waals surface area contributed by atoms with E-state index in [1.807, 2.05) is 25.8 Å². The van der Waals surface area contributed by atoms with Crippen LogP contribution in [0.1, 0.15) is 20.3 Å². The molecule has 2 unspecified atom stereocenters. The average molecular weight is 227 g/mol. The molecule has 0 spiro atoms. The SMILES string of the molecule is COCCNC(=O)C(C)N(C)C(C)CC#N. The predicted octanol–water partition coefficient (Wildman–Crippen LogP) is 0.371. The predicted molar refractivity (Wildman–Crippen MR) is 61.8 cm³/mol. The van der Waals surface area contributed by atoms with Crippen molar-refractivity contribution in [3.05, 3.63) is 0 Å². The quantitative estimate of drug-likeness (QED) is 0.638. The van der Waals surface area contributed by atoms with Gasteiger partial charge in [0.15, 0.2) is 0 Å². The third kappa shape index (κ3) is 5.10. The highest BCUT2D eigenvalue weighted by Crippen LogP contribution is 2.05. The van der Waals surface area contributed by atoms with Crippen LogP contribution in [0.3, 0.4) is 0 Å². The van der Waals surface area contributed by atoms with Gasteiger partial charge in [0, 0.05) is 19.7 Å². The van der Waals surface area contributed by atoms with Crippen molar-refractivity contribution >= 4 is 5.91 Å². The summed E-state index contributed by atoms with van der Waals surface area (Å²) in [5.41, 5.74) is 0. The second-order valence-electron chi connectivity index (χ2n) is 3.84. The maximum absolute atomic E-state index is 11.7. The zero-order chi connectivity index (χ0) is 12.6. The summed E-state index contributed by atoms with van der Waals surface area (Å²) in [6, 6.07) is 1.94. The lowest BCUT2D eigenvalue weighted by Crippen LogP contribution is -2.47. The molecule has 5 heteroatoms. The van der Waals surface area contributed by atoms with Crippen molar-refractivity contribution in [2.45, 2.75) is 32.4 Å². The van der Waals surface area contributed by atoms with Crippen LogP contribution in [0.4, 0.5) is 0 Å². The van der Waals surface area contributed by atoms with E-state index in [1.165, 1.54) is 0 Å². The number of nitrogens with zero attached hydrogens (tertiary/aromatic N) is 2. The van der Waals surface area contributed by atoms with Gasteiger partial charge in [0.05, 0.1) is 25.1 Å². The summed E-state index contributed by atoms with van der Waals surface area (Å²) in [6.07, 6.45) is 0.423. The van der Waals surface area contributed by atoms with Crippen LogP contribution in [-0.4, -0.2) is 50.2 Å². The minimum Gasteiger partial charge on any atom is -0.383 e. The first kappa shape index (κ1) is 14.9. The number of hydrogen-bond acceptors (Lipinski definition) is 4. The highest BCUT2D eigenvalue weighted by molar-refractivity contribution is 5.81. The largest absolute Gasteiger partial charge is 0.383 e. The monoisotopic (exact) mass is 227 g/mol. The van der Waals surface area contributed by atoms with Crippen molar-refractivity contribution < 1.29 is 9.53 Å². The highest BCUT2D eigenvalue weighted by atomic mass is 16.5. The molecular weight excluding hydrogens is 206 g/mol. The Bertz CT molecular complexity index is 250. The Morgan fingerprint density at radius 2 is 2.19 bits per heavy atom. The lowest BCUT2D eigenvalue weighted by molar-refractivity contribution is -0.126. The van der Waals surface area contributed by atoms with Gasteiger partial charge in [-0.1, -0.05) is 0 Å². The van der Waals surface area contributed by atoms with E-state index in [0.29, 0.717) is 19.6 Å². The van der Waals surface area contributed by atoms with Gasteiger partial charge in [0.1, 0.15) is 0 Å². The number of likely N-dealkylation sites (N-methyl/N-ethyl adjacent to an activating group) is 1. The van der Waals surface area contributed by atoms with Gasteiger partial charge in [-0.2, -0.15) is 5.26 Å². The molecule has 0 heterocycles. The number of amides is 1. The van der Waals surface area contributed by atoms with E-state index in [-0.39, 0.29) is 18.0 Å². The maximum Gasteiger partial charge on any atom is 0.237 e. The third-order valence-electron chi connectivity index (χ3n) is 2.68. The second-order valence-corrected chi connectivity index (χ2v) is 3.84. The molecule has 0 aliphatic rings. The van der Waals surface area contributed by atoms with Crippen LogP contribution in [0.5, 0.6) is 0 Å². The van der Waals surface area contributed by atoms with Crippen LogP contribution in [0.25, 0.3) is 0 Å². The Kier molecular flexibility index (Phi) is 7.52. The number of nitriles is 1. The Labute approximate surface area is 97.4 Å². The molecule has 0 bridgehead atoms. The lowest BCUT2D eigenvalue weighted by atomic mass is 10.1. The van der Waals surface area contributed by atoms with Gasteiger partial charge in [-0.3, -0.25) is 9.69 Å². The van der Waals surface area contributed by atoms with Gasteiger partial charge in [-0.15, -0.1) is 0 Å². The summed E-state index contributed by atoms with van der Waals surface area (Å²) in [5, 5.41) is 11.4. The molecule has 2 atom stereocenters. The standard InChI is InChI=1S/C11H21N3O2/c1-9(5-6-12)14(3)10(2)11(15)13-7-8-16-4/h9-10H,5,7-8H2,1-4H3,(H,13,15). The zero-order valence-electron chi connectivity index (χ0n) is 10.5. The molecule has 16 heavy (non-hydrogen) atoms. The Morgan fingerprint density at radius 3 is 2.69 bits per heavy atom. The molecule has 0 fully saturated rings. The van der Waals surface area contributed by atoms with E-state index in [9.17, 15) is 4.79 Å². The van der Waals surface area contributed by atoms with Crippen LogP contribution < -0.4 is 5.32 Å². The fourth-order valence-corrected chi connectivity index (χ4v) is 1.27. The van der Waals surface area contributed by atoms with E-state index < -0.39 is 0 Å². The minimum absolute atomic E-state index is 0.0376. The summed E-state index contributed by atoms with van der Waals surface area (Å²) in [4.78, 5) is 13.6. The molecule has 1 N–H and O–H groups in total. The van der Waals surface area contributed by atoms with Crippen LogP contribution in [0.15, 0.2) is 0 Å². The topological polar surface area (TPSA) is 65.4 Å². The number of nitrogens with one attached hydrogen (secondary N) is 1. The first-order valence-electron chi connectivity index (χ1n) is 5.40. The molecule has 0 saturated heterocycles. The summed E-state index contributed by atoms with van der Waals surface area (Å²) in [5.74, 6) is -0.0376. The molecule has 0 saturated carbocycles. The van der Waals surface area contributed by atoms with Gasteiger partial charge in [0.2, 0.25) is 5.91 Å². The van der Waals surface area contributed by atoms with E-state index in [2.05, 4.69) is 11.4 Å². The fourth-order valence-electron chi connectivity index (χ4n) is 1.27. The smallest absolute Gasteiger partial charge is 0.237 e. The van der Waals surface area contributed by atoms with E-state index in [1.54, 1.807) is 7.11 Å². The fraction of sp³-hybridized carbons (Fsp3) is 0.818. The summed E-state index contributed by atoms with van der Waals surface area (Å²) in [6.45, 7) is 4.79. The van der Waals surface area contributed by atoms with Crippen molar-refractivity contribution in [1.29, 1.82) is 5.26 Å². The number of rotatable bonds is 7. The van der Waals surface area contributed by atoms with Crippen LogP contribution in [-0.2, 0) is 9.53 Å². The average Bonchev–Trinajstić information content (AvgIpc) is 2.27. The van der Waals surface area contributed by atoms with Crippen molar-refractivity contribution in [1.82, 2.24) is 10.2 Å². The van der Waals surface area contributed by atoms with Gasteiger partial charge in [0.25, 0.3) is 0 Å². The zero-order valence-corrected chi connectivity index (χ0v) is 10.5. The molecule has 0 aliphatic heterocycles. The van der Waals surface area contributed by atoms with Crippen molar-refractivity contribution in [3.8, 4) is 6.07 Å². The summed E-state index contributed by atoms with van der Waals surface area (Å²) in [7, 11) is 3.44. The van der Waals surface area contributed by atoms with Gasteiger partial charge in [-0.25, -0.2) is 0 Å². The molecule has 1 amide bonds. The molecule has 0 aliphatic carbocycles. The first-order valence-corrected chi connectivity index (χ1v) is 5.40. The summed E-state index contributed by atoms with van der Waals surface area (Å²) < 4.78 is 4.85. The maximum atomic E-state index is 11.7. The first-order chi connectivity index (χ1) is 7.54. The normalized spacial score (nSPS) is 14.2. The number of carbonyl (C=O) groups excluding carboxylic acids is 1. The Balaban J connectivity index is 4.06. The molecule has 5 nitrogen and oxygen atoms in total. The highest BCUT2D eigenvalue weighted by Gasteiger charge is 2.21. The molecular formula is C11H21N3O2. The van der Waals surface area contributed by atoms with Crippen LogP contribution in [0.2, 0.25) is 0 Å². The van der Waals surface area contributed by atoms with Gasteiger partial charge >= 0.3 is 0 Å². The van der Waals surface area contributed by atoms with Crippen LogP contribution >= 0.6 is 0 Å². The van der Waals surface area contributed by atoms with Crippen molar-refractivity contribution in [3.63, 3.8) is 0 Å². The summed E-state index contributed by atoms with van der Waals surface area (Å²) >= 11 is 0. The van der Waals surface area contributed by atoms with E-state index in [4.69, 9.17) is 10.00 Å². The molecule has 0 rings (SSSR count). The molecule has 92 valence electrons. The van der Waals surface area contributed by atoms with Crippen LogP contribution in [0, 0.1) is 11.3 Å². The minimum atomic E-state index is -0.236. The number of carbonyl (C=O) groups is 1. The number of methoxy groups -OCH3 is 1.